The highest BCUT2D eigenvalue weighted by Crippen LogP contribution is 2.34. The van der Waals surface area contributed by atoms with Crippen molar-refractivity contribution in [3.05, 3.63) is 45.8 Å². The van der Waals surface area contributed by atoms with Crippen LogP contribution >= 0.6 is 23.1 Å². The molecule has 0 fully saturated rings. The summed E-state index contributed by atoms with van der Waals surface area (Å²) in [6, 6.07) is 8.26. The second kappa shape index (κ2) is 10.6. The molecule has 156 valence electrons. The van der Waals surface area contributed by atoms with Gasteiger partial charge in [0, 0.05) is 10.5 Å². The molecule has 1 aromatic heterocycles. The lowest BCUT2D eigenvalue weighted by molar-refractivity contribution is -0.885. The van der Waals surface area contributed by atoms with E-state index in [1.165, 1.54) is 11.8 Å². The van der Waals surface area contributed by atoms with Gasteiger partial charge in [-0.05, 0) is 44.7 Å². The Kier molecular flexibility index (Phi) is 8.43. The molecule has 0 bridgehead atoms. The number of amides is 1. The Hall–Kier alpha value is -2.16. The average molecular weight is 436 g/mol. The third-order valence-corrected chi connectivity index (χ3v) is 6.38. The van der Waals surface area contributed by atoms with E-state index in [1.807, 2.05) is 13.3 Å². The number of anilines is 1. The molecular weight excluding hydrogens is 408 g/mol. The van der Waals surface area contributed by atoms with Gasteiger partial charge in [-0.15, -0.1) is 23.1 Å². The summed E-state index contributed by atoms with van der Waals surface area (Å²) in [6.45, 7) is 6.02. The maximum Gasteiger partial charge on any atom is 0.341 e. The van der Waals surface area contributed by atoms with Gasteiger partial charge in [0.1, 0.15) is 11.5 Å². The van der Waals surface area contributed by atoms with Crippen LogP contribution in [0.4, 0.5) is 5.00 Å². The number of carbonyl (C=O) groups is 3. The first-order valence-corrected chi connectivity index (χ1v) is 11.4. The third-order valence-electron chi connectivity index (χ3n) is 4.33. The van der Waals surface area contributed by atoms with Gasteiger partial charge in [-0.2, -0.15) is 0 Å². The fraction of sp³-hybridized carbons (Fsp3) is 0.381. The van der Waals surface area contributed by atoms with E-state index in [1.54, 1.807) is 25.6 Å². The second-order valence-corrected chi connectivity index (χ2v) is 8.64. The molecule has 0 saturated carbocycles. The molecule has 0 aliphatic carbocycles. The molecule has 2 rings (SSSR count). The molecule has 2 N–H and O–H groups in total. The molecule has 1 aromatic carbocycles. The minimum atomic E-state index is -0.529. The lowest BCUT2D eigenvalue weighted by atomic mass is 10.1. The van der Waals surface area contributed by atoms with E-state index in [2.05, 4.69) is 29.6 Å². The number of carbonyl (C=O) groups excluding carboxylic acids is 3. The number of benzene rings is 1. The Morgan fingerprint density at radius 1 is 1.21 bits per heavy atom. The molecule has 8 heteroatoms. The van der Waals surface area contributed by atoms with Gasteiger partial charge in [0.05, 0.1) is 24.1 Å². The van der Waals surface area contributed by atoms with Crippen LogP contribution in [0.5, 0.6) is 0 Å². The molecule has 0 aliphatic rings. The molecule has 0 spiro atoms. The normalized spacial score (nSPS) is 11.8. The van der Waals surface area contributed by atoms with Gasteiger partial charge in [0.2, 0.25) is 0 Å². The number of rotatable bonds is 9. The van der Waals surface area contributed by atoms with Crippen molar-refractivity contribution in [1.29, 1.82) is 0 Å². The monoisotopic (exact) mass is 435 g/mol. The summed E-state index contributed by atoms with van der Waals surface area (Å²) < 4.78 is 5.10. The van der Waals surface area contributed by atoms with Crippen LogP contribution in [0.1, 0.15) is 45.0 Å². The van der Waals surface area contributed by atoms with Gasteiger partial charge in [-0.25, -0.2) is 4.79 Å². The molecule has 6 nitrogen and oxygen atoms in total. The number of hydrogen-bond donors (Lipinski definition) is 2. The number of quaternary nitrogens is 1. The quantitative estimate of drug-likeness (QED) is 0.360. The molecular formula is C21H27N2O4S2+. The van der Waals surface area contributed by atoms with Crippen LogP contribution < -0.4 is 10.2 Å². The molecule has 29 heavy (non-hydrogen) atoms. The first-order valence-electron chi connectivity index (χ1n) is 9.32. The highest BCUT2D eigenvalue weighted by molar-refractivity contribution is 7.98. The summed E-state index contributed by atoms with van der Waals surface area (Å²) in [7, 11) is 1.94. The first kappa shape index (κ1) is 23.1. The van der Waals surface area contributed by atoms with Gasteiger partial charge in [-0.3, -0.25) is 9.59 Å². The maximum absolute atomic E-state index is 12.6. The first-order chi connectivity index (χ1) is 13.8. The largest absolute Gasteiger partial charge is 0.462 e. The average Bonchev–Trinajstić information content (AvgIpc) is 2.98. The fourth-order valence-corrected chi connectivity index (χ4v) is 4.50. The van der Waals surface area contributed by atoms with Crippen molar-refractivity contribution < 1.29 is 24.0 Å². The molecule has 1 unspecified atom stereocenters. The number of thioether (sulfide) groups is 1. The number of esters is 1. The van der Waals surface area contributed by atoms with E-state index in [0.29, 0.717) is 22.0 Å². The van der Waals surface area contributed by atoms with E-state index < -0.39 is 5.97 Å². The van der Waals surface area contributed by atoms with E-state index in [4.69, 9.17) is 4.74 Å². The number of hydrogen-bond acceptors (Lipinski definition) is 6. The van der Waals surface area contributed by atoms with E-state index in [-0.39, 0.29) is 30.4 Å². The predicted molar refractivity (Wildman–Crippen MR) is 117 cm³/mol. The third kappa shape index (κ3) is 6.16. The van der Waals surface area contributed by atoms with Crippen molar-refractivity contribution in [1.82, 2.24) is 0 Å². The molecule has 0 radical (unpaired) electrons. The summed E-state index contributed by atoms with van der Waals surface area (Å²) in [6.07, 6.45) is 2.03. The lowest BCUT2D eigenvalue weighted by Crippen LogP contribution is -3.08. The van der Waals surface area contributed by atoms with Crippen molar-refractivity contribution in [2.45, 2.75) is 32.2 Å². The van der Waals surface area contributed by atoms with Crippen LogP contribution in [0.3, 0.4) is 0 Å². The van der Waals surface area contributed by atoms with Gasteiger partial charge >= 0.3 is 5.97 Å². The summed E-state index contributed by atoms with van der Waals surface area (Å²) >= 11 is 2.81. The Morgan fingerprint density at radius 2 is 1.86 bits per heavy atom. The molecule has 1 atom stereocenters. The number of Topliss-reactive ketones (excluding diaryl/α,β-unsaturated/α-hetero) is 1. The molecule has 0 saturated heterocycles. The number of ether oxygens (including phenoxy) is 1. The van der Waals surface area contributed by atoms with Crippen LogP contribution in [0, 0.1) is 6.92 Å². The predicted octanol–water partition coefficient (Wildman–Crippen LogP) is 2.81. The number of thiophene rings is 1. The zero-order chi connectivity index (χ0) is 21.6. The van der Waals surface area contributed by atoms with E-state index in [9.17, 15) is 14.4 Å². The molecule has 1 amide bonds. The van der Waals surface area contributed by atoms with Crippen molar-refractivity contribution in [2.24, 2.45) is 0 Å². The van der Waals surface area contributed by atoms with Gasteiger partial charge in [0.25, 0.3) is 5.91 Å². The maximum atomic E-state index is 12.6. The number of likely N-dealkylation sites (N-methyl/N-ethyl adjacent to an activating group) is 1. The number of nitrogens with one attached hydrogen (secondary N) is 2. The number of ketones is 1. The Balaban J connectivity index is 2.09. The van der Waals surface area contributed by atoms with Crippen molar-refractivity contribution >= 4 is 45.8 Å². The molecule has 0 aliphatic heterocycles. The van der Waals surface area contributed by atoms with E-state index in [0.717, 1.165) is 21.8 Å². The highest BCUT2D eigenvalue weighted by atomic mass is 32.2. The van der Waals surface area contributed by atoms with Gasteiger partial charge in [-0.1, -0.05) is 12.1 Å². The lowest BCUT2D eigenvalue weighted by Gasteiger charge is -2.14. The van der Waals surface area contributed by atoms with Crippen LogP contribution in [0.15, 0.2) is 29.2 Å². The highest BCUT2D eigenvalue weighted by Gasteiger charge is 2.25. The fourth-order valence-electron chi connectivity index (χ4n) is 2.99. The molecule has 1 heterocycles. The van der Waals surface area contributed by atoms with Crippen LogP contribution in [0.2, 0.25) is 0 Å². The smallest absolute Gasteiger partial charge is 0.341 e. The Bertz CT molecular complexity index is 891. The van der Waals surface area contributed by atoms with Crippen molar-refractivity contribution in [3.8, 4) is 0 Å². The zero-order valence-corrected chi connectivity index (χ0v) is 19.0. The van der Waals surface area contributed by atoms with Crippen LogP contribution in [-0.4, -0.2) is 44.1 Å². The van der Waals surface area contributed by atoms with Crippen LogP contribution in [-0.2, 0) is 16.1 Å². The molecule has 2 aromatic rings. The SMILES string of the molecule is CCOC(=O)c1c(NC(=O)C[NH+](C)Cc2ccc(SC)cc2)sc(C(C)=O)c1C. The summed E-state index contributed by atoms with van der Waals surface area (Å²) in [5, 5.41) is 3.17. The van der Waals surface area contributed by atoms with Gasteiger partial charge in [0.15, 0.2) is 12.3 Å². The van der Waals surface area contributed by atoms with Crippen LogP contribution in [0.25, 0.3) is 0 Å². The second-order valence-electron chi connectivity index (χ2n) is 6.74. The zero-order valence-electron chi connectivity index (χ0n) is 17.4. The summed E-state index contributed by atoms with van der Waals surface area (Å²) in [4.78, 5) is 39.4. The Morgan fingerprint density at radius 3 is 2.41 bits per heavy atom. The van der Waals surface area contributed by atoms with E-state index >= 15 is 0 Å². The minimum absolute atomic E-state index is 0.144. The standard InChI is InChI=1S/C21H26N2O4S2/c1-6-27-21(26)18-13(2)19(14(3)24)29-20(18)22-17(25)12-23(4)11-15-7-9-16(28-5)10-8-15/h7-10H,6,11-12H2,1-5H3,(H,22,25)/p+1. The summed E-state index contributed by atoms with van der Waals surface area (Å²) in [5.41, 5.74) is 1.96. The summed E-state index contributed by atoms with van der Waals surface area (Å²) in [5.74, 6) is -0.890. The minimum Gasteiger partial charge on any atom is -0.462 e. The van der Waals surface area contributed by atoms with Gasteiger partial charge < -0.3 is 15.0 Å². The van der Waals surface area contributed by atoms with Crippen molar-refractivity contribution in [2.75, 3.05) is 31.8 Å². The Labute approximate surface area is 179 Å². The topological polar surface area (TPSA) is 76.9 Å². The van der Waals surface area contributed by atoms with Crippen molar-refractivity contribution in [3.63, 3.8) is 0 Å².